The Labute approximate surface area is 184 Å². The smallest absolute Gasteiger partial charge is 0.231 e. The minimum absolute atomic E-state index is 0.203. The van der Waals surface area contributed by atoms with Crippen molar-refractivity contribution < 1.29 is 13.9 Å². The highest BCUT2D eigenvalue weighted by molar-refractivity contribution is 5.91. The van der Waals surface area contributed by atoms with Crippen LogP contribution in [0.3, 0.4) is 0 Å². The minimum atomic E-state index is -0.804. The third-order valence-corrected chi connectivity index (χ3v) is 5.94. The average molecular weight is 431 g/mol. The zero-order valence-corrected chi connectivity index (χ0v) is 17.7. The third-order valence-electron chi connectivity index (χ3n) is 5.94. The van der Waals surface area contributed by atoms with E-state index in [0.29, 0.717) is 29.9 Å². The average Bonchev–Trinajstić information content (AvgIpc) is 3.51. The molecule has 1 aliphatic carbocycles. The largest absolute Gasteiger partial charge is 0.497 e. The van der Waals surface area contributed by atoms with Crippen molar-refractivity contribution in [2.24, 2.45) is 0 Å². The fourth-order valence-corrected chi connectivity index (χ4v) is 3.91. The Hall–Kier alpha value is -3.81. The maximum Gasteiger partial charge on any atom is 0.231 e. The van der Waals surface area contributed by atoms with Crippen LogP contribution in [-0.2, 0) is 10.2 Å². The molecule has 162 valence electrons. The van der Waals surface area contributed by atoms with Crippen molar-refractivity contribution in [1.82, 2.24) is 24.9 Å². The summed E-state index contributed by atoms with van der Waals surface area (Å²) in [5.74, 6) is 0.686. The predicted octanol–water partition coefficient (Wildman–Crippen LogP) is 3.85. The van der Waals surface area contributed by atoms with Gasteiger partial charge in [-0.05, 0) is 50.1 Å². The standard InChI is InChI=1S/C24H22FN5O2/c1-15(27-23(31)24(11-12-24)18-5-3-4-6-19(18)25)22-28-21-13-20(26-14-30(21)29-22)16-7-9-17(32-2)10-8-16/h3-10,13-15H,11-12H2,1-2H3,(H,27,31)/t15-/m0/s1. The highest BCUT2D eigenvalue weighted by Gasteiger charge is 2.53. The van der Waals surface area contributed by atoms with Crippen LogP contribution in [0.5, 0.6) is 5.75 Å². The number of hydrogen-bond donors (Lipinski definition) is 1. The lowest BCUT2D eigenvalue weighted by Crippen LogP contribution is -2.37. The molecule has 0 saturated heterocycles. The number of nitrogens with zero attached hydrogens (tertiary/aromatic N) is 4. The first-order valence-corrected chi connectivity index (χ1v) is 10.4. The van der Waals surface area contributed by atoms with Crippen molar-refractivity contribution in [3.63, 3.8) is 0 Å². The Morgan fingerprint density at radius 3 is 2.62 bits per heavy atom. The molecule has 0 bridgehead atoms. The number of rotatable bonds is 6. The molecule has 0 unspecified atom stereocenters. The highest BCUT2D eigenvalue weighted by atomic mass is 19.1. The number of aromatic nitrogens is 4. The van der Waals surface area contributed by atoms with E-state index in [2.05, 4.69) is 20.4 Å². The number of ether oxygens (including phenoxy) is 1. The van der Waals surface area contributed by atoms with Crippen molar-refractivity contribution in [2.45, 2.75) is 31.2 Å². The van der Waals surface area contributed by atoms with Crippen LogP contribution in [0, 0.1) is 5.82 Å². The van der Waals surface area contributed by atoms with E-state index in [1.165, 1.54) is 6.07 Å². The molecular weight excluding hydrogens is 409 g/mol. The second-order valence-corrected chi connectivity index (χ2v) is 8.03. The van der Waals surface area contributed by atoms with Crippen LogP contribution in [0.2, 0.25) is 0 Å². The van der Waals surface area contributed by atoms with E-state index in [1.807, 2.05) is 37.3 Å². The van der Waals surface area contributed by atoms with Crippen LogP contribution < -0.4 is 10.1 Å². The van der Waals surface area contributed by atoms with E-state index < -0.39 is 11.5 Å². The van der Waals surface area contributed by atoms with Gasteiger partial charge in [-0.1, -0.05) is 18.2 Å². The van der Waals surface area contributed by atoms with Crippen LogP contribution in [0.15, 0.2) is 60.9 Å². The van der Waals surface area contributed by atoms with E-state index in [1.54, 1.807) is 36.2 Å². The molecule has 7 nitrogen and oxygen atoms in total. The number of carbonyl (C=O) groups is 1. The summed E-state index contributed by atoms with van der Waals surface area (Å²) in [5, 5.41) is 7.42. The number of nitrogens with one attached hydrogen (secondary N) is 1. The molecule has 1 N–H and O–H groups in total. The van der Waals surface area contributed by atoms with Crippen molar-refractivity contribution in [3.05, 3.63) is 78.1 Å². The summed E-state index contributed by atoms with van der Waals surface area (Å²) in [6.07, 6.45) is 2.85. The number of amides is 1. The summed E-state index contributed by atoms with van der Waals surface area (Å²) in [6, 6.07) is 15.5. The van der Waals surface area contributed by atoms with Crippen LogP contribution in [-0.4, -0.2) is 32.6 Å². The molecule has 1 fully saturated rings. The number of halogens is 1. The number of hydrogen-bond acceptors (Lipinski definition) is 5. The zero-order chi connectivity index (χ0) is 22.3. The summed E-state index contributed by atoms with van der Waals surface area (Å²) in [5.41, 5.74) is 1.95. The molecule has 5 rings (SSSR count). The molecule has 1 atom stereocenters. The van der Waals surface area contributed by atoms with Gasteiger partial charge in [0.15, 0.2) is 11.5 Å². The lowest BCUT2D eigenvalue weighted by molar-refractivity contribution is -0.124. The maximum absolute atomic E-state index is 14.3. The van der Waals surface area contributed by atoms with Gasteiger partial charge in [-0.3, -0.25) is 4.79 Å². The molecule has 2 heterocycles. The lowest BCUT2D eigenvalue weighted by atomic mass is 9.94. The molecule has 32 heavy (non-hydrogen) atoms. The van der Waals surface area contributed by atoms with Gasteiger partial charge in [-0.2, -0.15) is 0 Å². The summed E-state index contributed by atoms with van der Waals surface area (Å²) in [7, 11) is 1.62. The van der Waals surface area contributed by atoms with E-state index in [-0.39, 0.29) is 11.7 Å². The molecule has 1 aliphatic rings. The second-order valence-electron chi connectivity index (χ2n) is 8.03. The molecule has 4 aromatic rings. The number of carbonyl (C=O) groups excluding carboxylic acids is 1. The summed E-state index contributed by atoms with van der Waals surface area (Å²) in [6.45, 7) is 1.82. The Kier molecular flexibility index (Phi) is 4.84. The summed E-state index contributed by atoms with van der Waals surface area (Å²) in [4.78, 5) is 22.0. The molecule has 0 aliphatic heterocycles. The normalized spacial score (nSPS) is 15.3. The topological polar surface area (TPSA) is 81.4 Å². The van der Waals surface area contributed by atoms with Gasteiger partial charge in [0.2, 0.25) is 5.91 Å². The monoisotopic (exact) mass is 431 g/mol. The zero-order valence-electron chi connectivity index (χ0n) is 17.7. The molecule has 2 aromatic carbocycles. The van der Waals surface area contributed by atoms with Crippen molar-refractivity contribution in [3.8, 4) is 17.0 Å². The van der Waals surface area contributed by atoms with Gasteiger partial charge in [0.1, 0.15) is 17.9 Å². The Morgan fingerprint density at radius 1 is 1.19 bits per heavy atom. The van der Waals surface area contributed by atoms with Gasteiger partial charge in [0.05, 0.1) is 24.3 Å². The van der Waals surface area contributed by atoms with Gasteiger partial charge in [0, 0.05) is 17.2 Å². The first-order chi connectivity index (χ1) is 15.5. The molecule has 8 heteroatoms. The number of benzene rings is 2. The quantitative estimate of drug-likeness (QED) is 0.502. The van der Waals surface area contributed by atoms with E-state index in [4.69, 9.17) is 4.74 Å². The first-order valence-electron chi connectivity index (χ1n) is 10.4. The molecular formula is C24H22FN5O2. The van der Waals surface area contributed by atoms with Gasteiger partial charge < -0.3 is 10.1 Å². The van der Waals surface area contributed by atoms with Gasteiger partial charge in [-0.25, -0.2) is 18.9 Å². The lowest BCUT2D eigenvalue weighted by Gasteiger charge is -2.19. The molecule has 0 radical (unpaired) electrons. The van der Waals surface area contributed by atoms with Crippen LogP contribution >= 0.6 is 0 Å². The molecule has 1 saturated carbocycles. The van der Waals surface area contributed by atoms with Crippen molar-refractivity contribution >= 4 is 11.6 Å². The van der Waals surface area contributed by atoms with E-state index >= 15 is 0 Å². The summed E-state index contributed by atoms with van der Waals surface area (Å²) >= 11 is 0. The first kappa shape index (κ1) is 20.1. The number of fused-ring (bicyclic) bond motifs is 1. The van der Waals surface area contributed by atoms with Crippen molar-refractivity contribution in [2.75, 3.05) is 7.11 Å². The van der Waals surface area contributed by atoms with Gasteiger partial charge in [-0.15, -0.1) is 5.10 Å². The SMILES string of the molecule is COc1ccc(-c2cc3nc([C@H](C)NC(=O)C4(c5ccccc5F)CC4)nn3cn2)cc1. The Balaban J connectivity index is 1.36. The fourth-order valence-electron chi connectivity index (χ4n) is 3.91. The molecule has 0 spiro atoms. The Morgan fingerprint density at radius 2 is 1.94 bits per heavy atom. The van der Waals surface area contributed by atoms with E-state index in [0.717, 1.165) is 17.0 Å². The third kappa shape index (κ3) is 3.47. The highest BCUT2D eigenvalue weighted by Crippen LogP contribution is 2.49. The second kappa shape index (κ2) is 7.71. The van der Waals surface area contributed by atoms with Crippen LogP contribution in [0.4, 0.5) is 4.39 Å². The van der Waals surface area contributed by atoms with Crippen LogP contribution in [0.1, 0.15) is 37.2 Å². The molecule has 2 aromatic heterocycles. The van der Waals surface area contributed by atoms with Gasteiger partial charge in [0.25, 0.3) is 0 Å². The molecule has 1 amide bonds. The van der Waals surface area contributed by atoms with Crippen LogP contribution in [0.25, 0.3) is 16.9 Å². The number of methoxy groups -OCH3 is 1. The fraction of sp³-hybridized carbons (Fsp3) is 0.250. The minimum Gasteiger partial charge on any atom is -0.497 e. The maximum atomic E-state index is 14.3. The van der Waals surface area contributed by atoms with Gasteiger partial charge >= 0.3 is 0 Å². The predicted molar refractivity (Wildman–Crippen MR) is 117 cm³/mol. The van der Waals surface area contributed by atoms with E-state index in [9.17, 15) is 9.18 Å². The Bertz CT molecular complexity index is 1300. The summed E-state index contributed by atoms with van der Waals surface area (Å²) < 4.78 is 21.1. The van der Waals surface area contributed by atoms with Crippen molar-refractivity contribution in [1.29, 1.82) is 0 Å².